The number of anilines is 2. The van der Waals surface area contributed by atoms with Crippen molar-refractivity contribution < 1.29 is 22.8 Å². The van der Waals surface area contributed by atoms with Crippen molar-refractivity contribution in [2.24, 2.45) is 5.92 Å². The number of carbonyl (C=O) groups is 2. The van der Waals surface area contributed by atoms with Gasteiger partial charge in [0.2, 0.25) is 11.8 Å². The van der Waals surface area contributed by atoms with Gasteiger partial charge in [0.15, 0.2) is 0 Å². The molecule has 0 bridgehead atoms. The van der Waals surface area contributed by atoms with Crippen molar-refractivity contribution in [3.63, 3.8) is 0 Å². The summed E-state index contributed by atoms with van der Waals surface area (Å²) in [7, 11) is 0. The zero-order valence-electron chi connectivity index (χ0n) is 13.7. The third-order valence-electron chi connectivity index (χ3n) is 4.18. The number of benzene rings is 2. The lowest BCUT2D eigenvalue weighted by atomic mass is 10.1. The van der Waals surface area contributed by atoms with Gasteiger partial charge in [0.05, 0.1) is 17.2 Å². The fourth-order valence-electron chi connectivity index (χ4n) is 2.85. The van der Waals surface area contributed by atoms with Crippen LogP contribution in [-0.2, 0) is 15.8 Å². The number of amides is 2. The molecule has 0 saturated carbocycles. The van der Waals surface area contributed by atoms with Crippen molar-refractivity contribution in [1.29, 1.82) is 0 Å². The first kappa shape index (κ1) is 19.5. The molecular weight excluding hydrogens is 404 g/mol. The van der Waals surface area contributed by atoms with Crippen molar-refractivity contribution >= 4 is 46.4 Å². The van der Waals surface area contributed by atoms with E-state index in [1.807, 2.05) is 0 Å². The number of carbonyl (C=O) groups excluding carboxylic acids is 2. The minimum absolute atomic E-state index is 0.0707. The van der Waals surface area contributed by atoms with Gasteiger partial charge in [-0.05, 0) is 42.5 Å². The van der Waals surface area contributed by atoms with Gasteiger partial charge in [-0.2, -0.15) is 13.2 Å². The number of alkyl halides is 3. The van der Waals surface area contributed by atoms with Gasteiger partial charge >= 0.3 is 6.18 Å². The second-order valence-electron chi connectivity index (χ2n) is 6.06. The SMILES string of the molecule is O=C(Nc1ccc(Cl)cc1C(F)(F)F)[C@H]1CC(=O)N(c2ccc(Cl)cc2)C1. The Kier molecular flexibility index (Phi) is 5.35. The standard InChI is InChI=1S/C18H13Cl2F3N2O2/c19-11-1-4-13(5-2-11)25-9-10(7-16(25)26)17(27)24-15-6-3-12(20)8-14(15)18(21,22)23/h1-6,8,10H,7,9H2,(H,24,27)/t10-/m0/s1. The Morgan fingerprint density at radius 1 is 1.07 bits per heavy atom. The van der Waals surface area contributed by atoms with Gasteiger partial charge in [-0.3, -0.25) is 9.59 Å². The summed E-state index contributed by atoms with van der Waals surface area (Å²) in [4.78, 5) is 26.1. The van der Waals surface area contributed by atoms with Crippen molar-refractivity contribution in [1.82, 2.24) is 0 Å². The molecule has 1 saturated heterocycles. The molecule has 0 aromatic heterocycles. The molecular formula is C18H13Cl2F3N2O2. The van der Waals surface area contributed by atoms with E-state index in [1.165, 1.54) is 11.0 Å². The maximum atomic E-state index is 13.2. The normalized spacial score (nSPS) is 17.3. The minimum atomic E-state index is -4.67. The molecule has 4 nitrogen and oxygen atoms in total. The molecule has 2 amide bonds. The largest absolute Gasteiger partial charge is 0.418 e. The lowest BCUT2D eigenvalue weighted by Crippen LogP contribution is -2.28. The van der Waals surface area contributed by atoms with E-state index in [0.717, 1.165) is 12.1 Å². The van der Waals surface area contributed by atoms with Crippen molar-refractivity contribution in [2.75, 3.05) is 16.8 Å². The van der Waals surface area contributed by atoms with E-state index in [1.54, 1.807) is 24.3 Å². The fourth-order valence-corrected chi connectivity index (χ4v) is 3.15. The lowest BCUT2D eigenvalue weighted by Gasteiger charge is -2.18. The number of hydrogen-bond acceptors (Lipinski definition) is 2. The third-order valence-corrected chi connectivity index (χ3v) is 4.67. The van der Waals surface area contributed by atoms with Crippen LogP contribution >= 0.6 is 23.2 Å². The van der Waals surface area contributed by atoms with Gasteiger partial charge in [-0.1, -0.05) is 23.2 Å². The van der Waals surface area contributed by atoms with E-state index < -0.39 is 29.3 Å². The lowest BCUT2D eigenvalue weighted by molar-refractivity contribution is -0.137. The molecule has 9 heteroatoms. The highest BCUT2D eigenvalue weighted by Crippen LogP contribution is 2.37. The zero-order valence-corrected chi connectivity index (χ0v) is 15.2. The second-order valence-corrected chi connectivity index (χ2v) is 6.93. The van der Waals surface area contributed by atoms with Crippen LogP contribution in [-0.4, -0.2) is 18.4 Å². The predicted molar refractivity (Wildman–Crippen MR) is 97.0 cm³/mol. The Balaban J connectivity index is 1.76. The minimum Gasteiger partial charge on any atom is -0.325 e. The third kappa shape index (κ3) is 4.36. The topological polar surface area (TPSA) is 49.4 Å². The number of nitrogens with one attached hydrogen (secondary N) is 1. The smallest absolute Gasteiger partial charge is 0.325 e. The van der Waals surface area contributed by atoms with Crippen molar-refractivity contribution in [3.8, 4) is 0 Å². The van der Waals surface area contributed by atoms with Crippen LogP contribution in [0, 0.1) is 5.92 Å². The quantitative estimate of drug-likeness (QED) is 0.764. The van der Waals surface area contributed by atoms with Crippen LogP contribution in [0.15, 0.2) is 42.5 Å². The van der Waals surface area contributed by atoms with Crippen LogP contribution in [0.3, 0.4) is 0 Å². The Bertz CT molecular complexity index is 885. The van der Waals surface area contributed by atoms with Crippen LogP contribution in [0.1, 0.15) is 12.0 Å². The molecule has 0 aliphatic carbocycles. The average molecular weight is 417 g/mol. The average Bonchev–Trinajstić information content (AvgIpc) is 2.98. The zero-order chi connectivity index (χ0) is 19.8. The Labute approximate surface area is 162 Å². The predicted octanol–water partition coefficient (Wildman–Crippen LogP) is 5.00. The molecule has 3 rings (SSSR count). The molecule has 27 heavy (non-hydrogen) atoms. The van der Waals surface area contributed by atoms with Crippen molar-refractivity contribution in [3.05, 3.63) is 58.1 Å². The van der Waals surface area contributed by atoms with Gasteiger partial charge in [0.1, 0.15) is 0 Å². The molecule has 0 radical (unpaired) electrons. The number of rotatable bonds is 3. The van der Waals surface area contributed by atoms with Crippen molar-refractivity contribution in [2.45, 2.75) is 12.6 Å². The molecule has 2 aromatic carbocycles. The molecule has 1 atom stereocenters. The van der Waals surface area contributed by atoms with Crippen LogP contribution in [0.5, 0.6) is 0 Å². The summed E-state index contributed by atoms with van der Waals surface area (Å²) < 4.78 is 39.5. The van der Waals surface area contributed by atoms with E-state index >= 15 is 0 Å². The fraction of sp³-hybridized carbons (Fsp3) is 0.222. The number of nitrogens with zero attached hydrogens (tertiary/aromatic N) is 1. The van der Waals surface area contributed by atoms with Gasteiger partial charge in [0.25, 0.3) is 0 Å². The Hall–Kier alpha value is -2.25. The molecule has 142 valence electrons. The highest BCUT2D eigenvalue weighted by atomic mass is 35.5. The highest BCUT2D eigenvalue weighted by molar-refractivity contribution is 6.31. The van der Waals surface area contributed by atoms with Crippen LogP contribution in [0.25, 0.3) is 0 Å². The summed E-state index contributed by atoms with van der Waals surface area (Å²) in [5.74, 6) is -1.72. The summed E-state index contributed by atoms with van der Waals surface area (Å²) in [6.07, 6.45) is -4.77. The molecule has 1 aliphatic rings. The first-order chi connectivity index (χ1) is 12.6. The van der Waals surface area contributed by atoms with Gasteiger partial charge in [-0.15, -0.1) is 0 Å². The van der Waals surface area contributed by atoms with E-state index in [4.69, 9.17) is 23.2 Å². The maximum Gasteiger partial charge on any atom is 0.418 e. The van der Waals surface area contributed by atoms with Crippen LogP contribution in [0.4, 0.5) is 24.5 Å². The van der Waals surface area contributed by atoms with Crippen LogP contribution < -0.4 is 10.2 Å². The molecule has 0 spiro atoms. The monoisotopic (exact) mass is 416 g/mol. The molecule has 1 N–H and O–H groups in total. The van der Waals surface area contributed by atoms with Gasteiger partial charge in [-0.25, -0.2) is 0 Å². The summed E-state index contributed by atoms with van der Waals surface area (Å²) in [5, 5.41) is 2.68. The summed E-state index contributed by atoms with van der Waals surface area (Å²) in [6, 6.07) is 9.60. The van der Waals surface area contributed by atoms with E-state index in [0.29, 0.717) is 10.7 Å². The molecule has 1 aliphatic heterocycles. The van der Waals surface area contributed by atoms with E-state index in [9.17, 15) is 22.8 Å². The molecule has 1 heterocycles. The first-order valence-electron chi connectivity index (χ1n) is 7.88. The number of halogens is 5. The van der Waals surface area contributed by atoms with E-state index in [2.05, 4.69) is 5.32 Å². The second kappa shape index (κ2) is 7.40. The Morgan fingerprint density at radius 2 is 1.70 bits per heavy atom. The van der Waals surface area contributed by atoms with Crippen LogP contribution in [0.2, 0.25) is 10.0 Å². The summed E-state index contributed by atoms with van der Waals surface area (Å²) in [5.41, 5.74) is -0.862. The Morgan fingerprint density at radius 3 is 2.33 bits per heavy atom. The van der Waals surface area contributed by atoms with E-state index in [-0.39, 0.29) is 23.9 Å². The molecule has 1 fully saturated rings. The molecule has 2 aromatic rings. The first-order valence-corrected chi connectivity index (χ1v) is 8.64. The highest BCUT2D eigenvalue weighted by Gasteiger charge is 2.38. The van der Waals surface area contributed by atoms with Gasteiger partial charge in [0, 0.05) is 28.7 Å². The molecule has 0 unspecified atom stereocenters. The van der Waals surface area contributed by atoms with Gasteiger partial charge < -0.3 is 10.2 Å². The maximum absolute atomic E-state index is 13.2. The number of hydrogen-bond donors (Lipinski definition) is 1. The summed E-state index contributed by atoms with van der Waals surface area (Å²) >= 11 is 11.4. The summed E-state index contributed by atoms with van der Waals surface area (Å²) in [6.45, 7) is 0.0707.